The second-order valence-electron chi connectivity index (χ2n) is 7.91. The van der Waals surface area contributed by atoms with Crippen molar-refractivity contribution in [2.75, 3.05) is 19.6 Å². The maximum Gasteiger partial charge on any atom is 0.245 e. The number of amides is 3. The predicted octanol–water partition coefficient (Wildman–Crippen LogP) is 1.79. The van der Waals surface area contributed by atoms with Crippen LogP contribution in [0.15, 0.2) is 0 Å². The molecule has 144 valence electrons. The number of hydrogen-bond acceptors (Lipinski definition) is 4. The molecule has 2 atom stereocenters. The van der Waals surface area contributed by atoms with E-state index in [1.165, 1.54) is 0 Å². The van der Waals surface area contributed by atoms with E-state index >= 15 is 0 Å². The van der Waals surface area contributed by atoms with Gasteiger partial charge in [-0.1, -0.05) is 40.5 Å². The lowest BCUT2D eigenvalue weighted by Gasteiger charge is -2.34. The summed E-state index contributed by atoms with van der Waals surface area (Å²) in [6, 6.07) is -0.620. The molecule has 1 heterocycles. The van der Waals surface area contributed by atoms with Crippen LogP contribution >= 0.6 is 0 Å². The van der Waals surface area contributed by atoms with Crippen molar-refractivity contribution in [2.24, 2.45) is 11.3 Å². The second kappa shape index (κ2) is 9.75. The molecule has 2 N–H and O–H groups in total. The van der Waals surface area contributed by atoms with Crippen molar-refractivity contribution in [3.8, 4) is 0 Å². The summed E-state index contributed by atoms with van der Waals surface area (Å²) in [6.07, 6.45) is 4.56. The van der Waals surface area contributed by atoms with Crippen molar-refractivity contribution in [1.82, 2.24) is 15.3 Å². The molecular formula is C18H33N3O4. The fraction of sp³-hybridized carbons (Fsp3) is 0.833. The van der Waals surface area contributed by atoms with Crippen LogP contribution < -0.4 is 5.32 Å². The summed E-state index contributed by atoms with van der Waals surface area (Å²) in [5, 5.41) is 12.8. The third kappa shape index (κ3) is 6.65. The maximum absolute atomic E-state index is 12.8. The van der Waals surface area contributed by atoms with Crippen molar-refractivity contribution >= 4 is 18.2 Å². The smallest absolute Gasteiger partial charge is 0.245 e. The highest BCUT2D eigenvalue weighted by Gasteiger charge is 2.37. The molecule has 25 heavy (non-hydrogen) atoms. The van der Waals surface area contributed by atoms with Gasteiger partial charge in [0.15, 0.2) is 0 Å². The summed E-state index contributed by atoms with van der Waals surface area (Å²) < 4.78 is 0. The number of nitrogens with one attached hydrogen (secondary N) is 1. The fourth-order valence-corrected chi connectivity index (χ4v) is 3.05. The Kier molecular flexibility index (Phi) is 8.35. The summed E-state index contributed by atoms with van der Waals surface area (Å²) in [5.74, 6) is -0.878. The van der Waals surface area contributed by atoms with Gasteiger partial charge in [0.25, 0.3) is 0 Å². The zero-order chi connectivity index (χ0) is 19.0. The average molecular weight is 355 g/mol. The van der Waals surface area contributed by atoms with Crippen LogP contribution in [-0.4, -0.2) is 59.1 Å². The SMILES string of the molecule is CCCC[C@@H](CN(O)C=O)C(=O)NC(C(=O)N1CCCC1)C(C)(C)C. The minimum atomic E-state index is -0.620. The van der Waals surface area contributed by atoms with Gasteiger partial charge < -0.3 is 10.2 Å². The lowest BCUT2D eigenvalue weighted by molar-refractivity contribution is -0.155. The van der Waals surface area contributed by atoms with Crippen LogP contribution in [0.2, 0.25) is 0 Å². The largest absolute Gasteiger partial charge is 0.344 e. The number of unbranched alkanes of at least 4 members (excludes halogenated alkanes) is 1. The molecular weight excluding hydrogens is 322 g/mol. The first-order chi connectivity index (χ1) is 11.7. The molecule has 1 fully saturated rings. The van der Waals surface area contributed by atoms with E-state index < -0.39 is 17.4 Å². The first kappa shape index (κ1) is 21.4. The quantitative estimate of drug-likeness (QED) is 0.375. The Morgan fingerprint density at radius 3 is 2.36 bits per heavy atom. The lowest BCUT2D eigenvalue weighted by Crippen LogP contribution is -2.56. The zero-order valence-electron chi connectivity index (χ0n) is 16.0. The number of rotatable bonds is 9. The van der Waals surface area contributed by atoms with Gasteiger partial charge >= 0.3 is 0 Å². The Morgan fingerprint density at radius 1 is 1.28 bits per heavy atom. The van der Waals surface area contributed by atoms with Gasteiger partial charge in [-0.25, -0.2) is 5.06 Å². The molecule has 0 aliphatic carbocycles. The van der Waals surface area contributed by atoms with Crippen LogP contribution in [0.4, 0.5) is 0 Å². The molecule has 0 aromatic rings. The summed E-state index contributed by atoms with van der Waals surface area (Å²) in [6.45, 7) is 9.20. The van der Waals surface area contributed by atoms with Crippen molar-refractivity contribution in [3.63, 3.8) is 0 Å². The number of hydrogen-bond donors (Lipinski definition) is 2. The zero-order valence-corrected chi connectivity index (χ0v) is 16.0. The van der Waals surface area contributed by atoms with Gasteiger partial charge in [-0.3, -0.25) is 19.6 Å². The molecule has 0 spiro atoms. The molecule has 0 bridgehead atoms. The van der Waals surface area contributed by atoms with Crippen molar-refractivity contribution in [3.05, 3.63) is 0 Å². The molecule has 0 saturated carbocycles. The number of carbonyl (C=O) groups excluding carboxylic acids is 3. The van der Waals surface area contributed by atoms with Crippen LogP contribution in [0.25, 0.3) is 0 Å². The van der Waals surface area contributed by atoms with Crippen LogP contribution in [-0.2, 0) is 14.4 Å². The monoisotopic (exact) mass is 355 g/mol. The Labute approximate surface area is 150 Å². The lowest BCUT2D eigenvalue weighted by atomic mass is 9.85. The Hall–Kier alpha value is -1.63. The van der Waals surface area contributed by atoms with E-state index in [1.54, 1.807) is 4.90 Å². The second-order valence-corrected chi connectivity index (χ2v) is 7.91. The summed E-state index contributed by atoms with van der Waals surface area (Å²) in [4.78, 5) is 38.1. The maximum atomic E-state index is 12.8. The molecule has 0 aromatic carbocycles. The summed E-state index contributed by atoms with van der Waals surface area (Å²) in [5.41, 5.74) is -0.422. The number of carbonyl (C=O) groups is 3. The minimum Gasteiger partial charge on any atom is -0.344 e. The third-order valence-electron chi connectivity index (χ3n) is 4.62. The van der Waals surface area contributed by atoms with Crippen LogP contribution in [0.1, 0.15) is 59.8 Å². The van der Waals surface area contributed by atoms with E-state index in [9.17, 15) is 19.6 Å². The fourth-order valence-electron chi connectivity index (χ4n) is 3.05. The van der Waals surface area contributed by atoms with Gasteiger partial charge in [0.1, 0.15) is 6.04 Å². The Morgan fingerprint density at radius 2 is 1.88 bits per heavy atom. The molecule has 1 unspecified atom stereocenters. The summed E-state index contributed by atoms with van der Waals surface area (Å²) >= 11 is 0. The van der Waals surface area contributed by atoms with E-state index in [4.69, 9.17) is 0 Å². The van der Waals surface area contributed by atoms with E-state index in [0.29, 0.717) is 17.9 Å². The highest BCUT2D eigenvalue weighted by atomic mass is 16.5. The van der Waals surface area contributed by atoms with Gasteiger partial charge in [0.05, 0.1) is 12.5 Å². The van der Waals surface area contributed by atoms with Crippen LogP contribution in [0.5, 0.6) is 0 Å². The molecule has 3 amide bonds. The molecule has 1 saturated heterocycles. The molecule has 1 aliphatic heterocycles. The van der Waals surface area contributed by atoms with Crippen molar-refractivity contribution < 1.29 is 19.6 Å². The van der Waals surface area contributed by atoms with Gasteiger partial charge in [-0.05, 0) is 24.7 Å². The van der Waals surface area contributed by atoms with E-state index in [-0.39, 0.29) is 18.4 Å². The molecule has 0 aromatic heterocycles. The average Bonchev–Trinajstić information content (AvgIpc) is 3.08. The number of likely N-dealkylation sites (tertiary alicyclic amines) is 1. The van der Waals surface area contributed by atoms with Gasteiger partial charge in [-0.2, -0.15) is 0 Å². The van der Waals surface area contributed by atoms with Gasteiger partial charge in [0.2, 0.25) is 18.2 Å². The molecule has 1 aliphatic rings. The topological polar surface area (TPSA) is 90.0 Å². The summed E-state index contributed by atoms with van der Waals surface area (Å²) in [7, 11) is 0. The van der Waals surface area contributed by atoms with E-state index in [1.807, 2.05) is 27.7 Å². The molecule has 7 heteroatoms. The number of hydroxylamine groups is 2. The highest BCUT2D eigenvalue weighted by Crippen LogP contribution is 2.24. The van der Waals surface area contributed by atoms with E-state index in [2.05, 4.69) is 5.32 Å². The van der Waals surface area contributed by atoms with Gasteiger partial charge in [0, 0.05) is 13.1 Å². The minimum absolute atomic E-state index is 0.0520. The van der Waals surface area contributed by atoms with E-state index in [0.717, 1.165) is 38.8 Å². The molecule has 0 radical (unpaired) electrons. The molecule has 1 rings (SSSR count). The normalized spacial score (nSPS) is 17.1. The van der Waals surface area contributed by atoms with Crippen molar-refractivity contribution in [2.45, 2.75) is 65.8 Å². The van der Waals surface area contributed by atoms with Gasteiger partial charge in [-0.15, -0.1) is 0 Å². The third-order valence-corrected chi connectivity index (χ3v) is 4.62. The highest BCUT2D eigenvalue weighted by molar-refractivity contribution is 5.89. The van der Waals surface area contributed by atoms with Crippen molar-refractivity contribution in [1.29, 1.82) is 0 Å². The standard InChI is InChI=1S/C18H33N3O4/c1-5-6-9-14(12-21(25)13-22)16(23)19-15(18(2,3)4)17(24)20-10-7-8-11-20/h13-15,25H,5-12H2,1-4H3,(H,19,23)/t14-,15?/m0/s1. The first-order valence-corrected chi connectivity index (χ1v) is 9.20. The Balaban J connectivity index is 2.85. The number of nitrogens with zero attached hydrogens (tertiary/aromatic N) is 2. The molecule has 7 nitrogen and oxygen atoms in total. The van der Waals surface area contributed by atoms with Crippen LogP contribution in [0.3, 0.4) is 0 Å². The predicted molar refractivity (Wildman–Crippen MR) is 94.8 cm³/mol. The Bertz CT molecular complexity index is 456. The first-order valence-electron chi connectivity index (χ1n) is 9.20. The van der Waals surface area contributed by atoms with Crippen LogP contribution in [0, 0.1) is 11.3 Å².